The second-order valence-electron chi connectivity index (χ2n) is 21.8. The quantitative estimate of drug-likeness (QED) is 0.0783. The number of amides is 6. The number of thiazole rings is 1. The van der Waals surface area contributed by atoms with Gasteiger partial charge in [0.05, 0.1) is 59.2 Å². The molecule has 4 aromatic rings. The van der Waals surface area contributed by atoms with E-state index in [1.54, 1.807) is 16.2 Å². The maximum atomic E-state index is 14.2. The van der Waals surface area contributed by atoms with Crippen LogP contribution in [0.4, 0.5) is 5.69 Å². The normalized spacial score (nSPS) is 21.4. The van der Waals surface area contributed by atoms with Gasteiger partial charge in [0.15, 0.2) is 0 Å². The van der Waals surface area contributed by atoms with Crippen molar-refractivity contribution in [3.63, 3.8) is 0 Å². The van der Waals surface area contributed by atoms with E-state index in [-0.39, 0.29) is 69.1 Å². The summed E-state index contributed by atoms with van der Waals surface area (Å²) in [6, 6.07) is 18.3. The second-order valence-corrected chi connectivity index (χ2v) is 22.7. The van der Waals surface area contributed by atoms with Gasteiger partial charge in [-0.25, -0.2) is 4.98 Å². The summed E-state index contributed by atoms with van der Waals surface area (Å²) in [5, 5.41) is 19.7. The number of likely N-dealkylation sites (tertiary alicyclic amines) is 2. The molecule has 8 rings (SSSR count). The highest BCUT2D eigenvalue weighted by Crippen LogP contribution is 2.39. The van der Waals surface area contributed by atoms with E-state index in [4.69, 9.17) is 16.2 Å². The van der Waals surface area contributed by atoms with Gasteiger partial charge in [-0.2, -0.15) is 0 Å². The molecule has 0 spiro atoms. The van der Waals surface area contributed by atoms with Gasteiger partial charge in [-0.3, -0.25) is 38.6 Å². The zero-order valence-electron chi connectivity index (χ0n) is 43.3. The number of hydrogen-bond donors (Lipinski definition) is 6. The number of carbonyl (C=O) groups is 6. The summed E-state index contributed by atoms with van der Waals surface area (Å²) >= 11 is 1.58. The number of benzene rings is 3. The molecule has 0 radical (unpaired) electrons. The van der Waals surface area contributed by atoms with Crippen LogP contribution >= 0.6 is 11.3 Å². The molecule has 8 N–H and O–H groups in total. The van der Waals surface area contributed by atoms with Gasteiger partial charge in [0.1, 0.15) is 18.1 Å². The zero-order valence-corrected chi connectivity index (χ0v) is 44.1. The molecule has 0 unspecified atom stereocenters. The number of β-amino-alcohol motifs (C(OH)–C–C–N with tert-alkyl or cyclic N) is 1. The summed E-state index contributed by atoms with van der Waals surface area (Å²) < 4.78 is 6.31. The molecule has 5 heterocycles. The Morgan fingerprint density at radius 2 is 1.59 bits per heavy atom. The number of aryl methyl sites for hydroxylation is 2. The van der Waals surface area contributed by atoms with Crippen molar-refractivity contribution in [3.05, 3.63) is 106 Å². The van der Waals surface area contributed by atoms with E-state index in [2.05, 4.69) is 38.0 Å². The average Bonchev–Trinajstić information content (AvgIpc) is 4.09. The van der Waals surface area contributed by atoms with Gasteiger partial charge in [0.2, 0.25) is 35.4 Å². The highest BCUT2D eigenvalue weighted by molar-refractivity contribution is 7.13. The smallest absolute Gasteiger partial charge is 0.246 e. The molecule has 4 aliphatic rings. The minimum absolute atomic E-state index is 0.00529. The van der Waals surface area contributed by atoms with Gasteiger partial charge in [-0.05, 0) is 110 Å². The van der Waals surface area contributed by atoms with Crippen LogP contribution in [0.25, 0.3) is 10.4 Å². The van der Waals surface area contributed by atoms with Gasteiger partial charge in [0.25, 0.3) is 0 Å². The van der Waals surface area contributed by atoms with Gasteiger partial charge in [0, 0.05) is 32.4 Å². The topological polar surface area (TPSA) is 243 Å². The average molecular weight is 1030 g/mol. The summed E-state index contributed by atoms with van der Waals surface area (Å²) in [7, 11) is 0. The van der Waals surface area contributed by atoms with Crippen LogP contribution in [0.1, 0.15) is 99.7 Å². The molecule has 18 heteroatoms. The van der Waals surface area contributed by atoms with E-state index >= 15 is 0 Å². The molecule has 4 aliphatic heterocycles. The predicted octanol–water partition coefficient (Wildman–Crippen LogP) is 4.07. The van der Waals surface area contributed by atoms with Crippen LogP contribution in [0.15, 0.2) is 72.2 Å². The minimum atomic E-state index is -0.909. The van der Waals surface area contributed by atoms with Crippen LogP contribution in [0.5, 0.6) is 0 Å². The van der Waals surface area contributed by atoms with Crippen LogP contribution < -0.4 is 32.3 Å². The summed E-state index contributed by atoms with van der Waals surface area (Å²) in [5.41, 5.74) is 20.7. The molecule has 0 aliphatic carbocycles. The summed E-state index contributed by atoms with van der Waals surface area (Å²) in [6.45, 7) is 11.6. The van der Waals surface area contributed by atoms with Gasteiger partial charge in [-0.15, -0.1) is 11.3 Å². The number of piperidine rings is 1. The first-order chi connectivity index (χ1) is 35.3. The minimum Gasteiger partial charge on any atom is -0.391 e. The third kappa shape index (κ3) is 13.1. The Hall–Kier alpha value is -6.05. The van der Waals surface area contributed by atoms with E-state index in [1.165, 1.54) is 10.5 Å². The lowest BCUT2D eigenvalue weighted by Crippen LogP contribution is -2.58. The Balaban J connectivity index is 0.782. The van der Waals surface area contributed by atoms with Crippen LogP contribution in [0, 0.1) is 18.3 Å². The predicted molar refractivity (Wildman–Crippen MR) is 283 cm³/mol. The number of anilines is 1. The molecule has 2 saturated heterocycles. The Bertz CT molecular complexity index is 2660. The molecule has 7 atom stereocenters. The summed E-state index contributed by atoms with van der Waals surface area (Å²) in [4.78, 5) is 91.2. The van der Waals surface area contributed by atoms with Crippen molar-refractivity contribution in [2.45, 2.75) is 148 Å². The molecule has 2 fully saturated rings. The molecule has 396 valence electrons. The number of primary amides is 1. The van der Waals surface area contributed by atoms with E-state index in [9.17, 15) is 33.9 Å². The van der Waals surface area contributed by atoms with Crippen molar-refractivity contribution in [2.24, 2.45) is 22.8 Å². The van der Waals surface area contributed by atoms with Crippen molar-refractivity contribution in [1.82, 2.24) is 30.7 Å². The van der Waals surface area contributed by atoms with Crippen LogP contribution in [-0.2, 0) is 65.9 Å². The third-order valence-corrected chi connectivity index (χ3v) is 16.2. The lowest BCUT2D eigenvalue weighted by Gasteiger charge is -2.36. The number of aliphatic hydroxyl groups excluding tert-OH is 1. The molecular weight excluding hydrogens is 959 g/mol. The first-order valence-electron chi connectivity index (χ1n) is 26.1. The molecular formula is C56H73N9O8S. The Morgan fingerprint density at radius 1 is 0.905 bits per heavy atom. The fraction of sp³-hybridized carbons (Fsp3) is 0.518. The highest BCUT2D eigenvalue weighted by atomic mass is 32.1. The number of aromatic nitrogens is 1. The standard InChI is InChI=1S/C56H73N9O8S/c1-33-50(74-32-60-33)40-15-13-37(14-16-40)28-59-52(69)45-27-42(66)29-64(45)55(72)51(56(3,4)5)62-48(68)30-63-23-21-36(22-24-63)25-35-9-11-38(12-10-35)31-73-34(2)44(19-20-47(58)67)61-53(70)46-26-41-8-6-7-39-17-18-43(57)54(71)65(46)49(39)41/h6-16,32,34,36,42-46,51,66H,17-31,57H2,1-5H3,(H2,58,67)(H,59,69)(H,61,70)(H,62,68)/t34-,42-,43+,44+,45+,46+,51-/m1/s1. The van der Waals surface area contributed by atoms with E-state index < -0.39 is 59.6 Å². The molecule has 0 saturated carbocycles. The van der Waals surface area contributed by atoms with Crippen molar-refractivity contribution < 1.29 is 38.6 Å². The fourth-order valence-corrected chi connectivity index (χ4v) is 11.7. The van der Waals surface area contributed by atoms with Gasteiger partial charge < -0.3 is 42.2 Å². The number of para-hydroxylation sites is 1. The molecule has 74 heavy (non-hydrogen) atoms. The van der Waals surface area contributed by atoms with E-state index in [1.807, 2.05) is 94.7 Å². The lowest BCUT2D eigenvalue weighted by molar-refractivity contribution is -0.144. The van der Waals surface area contributed by atoms with E-state index in [0.29, 0.717) is 25.2 Å². The summed E-state index contributed by atoms with van der Waals surface area (Å²) in [6.07, 6.45) is 3.34. The number of carbonyl (C=O) groups excluding carboxylic acids is 6. The maximum Gasteiger partial charge on any atom is 0.246 e. The number of nitrogens with one attached hydrogen (secondary N) is 3. The molecule has 6 amide bonds. The second kappa shape index (κ2) is 23.7. The monoisotopic (exact) mass is 1030 g/mol. The van der Waals surface area contributed by atoms with E-state index in [0.717, 1.165) is 76.4 Å². The Morgan fingerprint density at radius 3 is 2.27 bits per heavy atom. The van der Waals surface area contributed by atoms with Gasteiger partial charge >= 0.3 is 0 Å². The highest BCUT2D eigenvalue weighted by Gasteiger charge is 2.46. The SMILES string of the molecule is Cc1ncsc1-c1ccc(CNC(=O)[C@@H]2C[C@@H](O)CN2C(=O)[C@@H](NC(=O)CN2CCC(Cc3ccc(CO[C@H](C)[C@H](CCC(N)=O)NC(=O)[C@@H]4Cc5cccc6c5N4C(=O)[C@@H](N)CC6)cc3)CC2)C(C)(C)C)cc1. The Kier molecular flexibility index (Phi) is 17.3. The largest absolute Gasteiger partial charge is 0.391 e. The lowest BCUT2D eigenvalue weighted by atomic mass is 9.85. The summed E-state index contributed by atoms with van der Waals surface area (Å²) in [5.74, 6) is -1.65. The van der Waals surface area contributed by atoms with Crippen molar-refractivity contribution in [2.75, 3.05) is 31.1 Å². The van der Waals surface area contributed by atoms with Crippen molar-refractivity contribution in [1.29, 1.82) is 0 Å². The molecule has 0 bridgehead atoms. The van der Waals surface area contributed by atoms with Crippen LogP contribution in [-0.4, -0.2) is 124 Å². The van der Waals surface area contributed by atoms with Crippen LogP contribution in [0.3, 0.4) is 0 Å². The molecule has 3 aromatic carbocycles. The number of nitrogens with two attached hydrogens (primary N) is 2. The Labute approximate surface area is 438 Å². The third-order valence-electron chi connectivity index (χ3n) is 15.2. The van der Waals surface area contributed by atoms with Crippen LogP contribution in [0.2, 0.25) is 0 Å². The number of aliphatic hydroxyl groups is 1. The number of rotatable bonds is 19. The first kappa shape index (κ1) is 54.2. The number of hydrogen-bond acceptors (Lipinski definition) is 12. The number of ether oxygens (including phenoxy) is 1. The van der Waals surface area contributed by atoms with Crippen molar-refractivity contribution >= 4 is 52.5 Å². The fourth-order valence-electron chi connectivity index (χ4n) is 10.9. The molecule has 1 aromatic heterocycles. The maximum absolute atomic E-state index is 14.2. The van der Waals surface area contributed by atoms with Crippen molar-refractivity contribution in [3.8, 4) is 10.4 Å². The van der Waals surface area contributed by atoms with Gasteiger partial charge in [-0.1, -0.05) is 87.5 Å². The number of nitrogens with zero attached hydrogens (tertiary/aromatic N) is 4. The molecule has 17 nitrogen and oxygen atoms in total. The first-order valence-corrected chi connectivity index (χ1v) is 27.0. The zero-order chi connectivity index (χ0) is 52.8.